The highest BCUT2D eigenvalue weighted by Gasteiger charge is 2.41. The number of likely N-dealkylation sites (N-methyl/N-ethyl adjacent to an activating group) is 1. The van der Waals surface area contributed by atoms with Gasteiger partial charge >= 0.3 is 0 Å². The first-order valence-electron chi connectivity index (χ1n) is 11.8. The Morgan fingerprint density at radius 1 is 0.938 bits per heavy atom. The molecule has 2 aliphatic rings. The zero-order valence-corrected chi connectivity index (χ0v) is 19.2. The molecule has 2 fully saturated rings. The minimum Gasteiger partial charge on any atom is -0.493 e. The van der Waals surface area contributed by atoms with Crippen molar-refractivity contribution in [2.24, 2.45) is 0 Å². The van der Waals surface area contributed by atoms with Crippen molar-refractivity contribution in [3.8, 4) is 5.75 Å². The van der Waals surface area contributed by atoms with Crippen molar-refractivity contribution in [1.82, 2.24) is 14.7 Å². The van der Waals surface area contributed by atoms with E-state index in [2.05, 4.69) is 27.8 Å². The summed E-state index contributed by atoms with van der Waals surface area (Å²) >= 11 is 0. The summed E-state index contributed by atoms with van der Waals surface area (Å²) in [4.78, 5) is 7.09. The number of benzene rings is 2. The average Bonchev–Trinajstić information content (AvgIpc) is 2.82. The van der Waals surface area contributed by atoms with Crippen molar-refractivity contribution in [3.63, 3.8) is 0 Å². The number of likely N-dealkylation sites (tertiary alicyclic amines) is 1. The van der Waals surface area contributed by atoms with E-state index >= 15 is 0 Å². The van der Waals surface area contributed by atoms with Crippen LogP contribution in [0, 0.1) is 0 Å². The normalized spacial score (nSPS) is 25.7. The van der Waals surface area contributed by atoms with Gasteiger partial charge in [0.2, 0.25) is 0 Å². The second-order valence-corrected chi connectivity index (χ2v) is 9.25. The van der Waals surface area contributed by atoms with Crippen LogP contribution in [0.1, 0.15) is 24.0 Å². The van der Waals surface area contributed by atoms with Gasteiger partial charge in [0.15, 0.2) is 0 Å². The molecule has 2 atom stereocenters. The standard InChI is InChI=1S/C26H37N3O3/c1-27-15-17-28(18-16-27)13-7-19-32-24-11-6-5-8-22(24)20-29-14-12-26(31,25(30)21-29)23-9-3-2-4-10-23/h2-6,8-11,25,30-31H,7,12-21H2,1H3/t25-,26-/m0/s1. The molecule has 0 unspecified atom stereocenters. The Labute approximate surface area is 192 Å². The third-order valence-electron chi connectivity index (χ3n) is 6.90. The van der Waals surface area contributed by atoms with Gasteiger partial charge < -0.3 is 24.7 Å². The molecule has 2 saturated heterocycles. The van der Waals surface area contributed by atoms with Crippen LogP contribution in [0.5, 0.6) is 5.75 Å². The van der Waals surface area contributed by atoms with Crippen molar-refractivity contribution >= 4 is 0 Å². The number of piperazine rings is 1. The molecule has 2 aromatic rings. The summed E-state index contributed by atoms with van der Waals surface area (Å²) in [6.45, 7) is 8.21. The van der Waals surface area contributed by atoms with E-state index in [9.17, 15) is 10.2 Å². The van der Waals surface area contributed by atoms with Gasteiger partial charge in [0.1, 0.15) is 11.4 Å². The molecule has 0 spiro atoms. The van der Waals surface area contributed by atoms with Crippen LogP contribution in [0.3, 0.4) is 0 Å². The Hall–Kier alpha value is -1.96. The van der Waals surface area contributed by atoms with E-state index in [1.165, 1.54) is 0 Å². The second-order valence-electron chi connectivity index (χ2n) is 9.25. The predicted molar refractivity (Wildman–Crippen MR) is 127 cm³/mol. The maximum atomic E-state index is 11.1. The molecule has 2 heterocycles. The Morgan fingerprint density at radius 2 is 1.66 bits per heavy atom. The van der Waals surface area contributed by atoms with E-state index in [4.69, 9.17) is 4.74 Å². The number of aliphatic hydroxyl groups is 2. The molecule has 2 N–H and O–H groups in total. The molecule has 0 bridgehead atoms. The van der Waals surface area contributed by atoms with Gasteiger partial charge in [0, 0.05) is 57.9 Å². The summed E-state index contributed by atoms with van der Waals surface area (Å²) in [5.41, 5.74) is 0.734. The van der Waals surface area contributed by atoms with Gasteiger partial charge in [-0.1, -0.05) is 48.5 Å². The molecule has 4 rings (SSSR count). The molecule has 0 aromatic heterocycles. The fourth-order valence-electron chi connectivity index (χ4n) is 4.75. The Kier molecular flexibility index (Phi) is 7.81. The summed E-state index contributed by atoms with van der Waals surface area (Å²) in [5.74, 6) is 0.921. The third-order valence-corrected chi connectivity index (χ3v) is 6.90. The number of β-amino-alcohol motifs (C(OH)–C–C–N with tert-alkyl or cyclic N) is 1. The lowest BCUT2D eigenvalue weighted by Gasteiger charge is -2.42. The molecule has 0 radical (unpaired) electrons. The Bertz CT molecular complexity index is 841. The number of nitrogens with zero attached hydrogens (tertiary/aromatic N) is 3. The van der Waals surface area contributed by atoms with Gasteiger partial charge in [-0.15, -0.1) is 0 Å². The van der Waals surface area contributed by atoms with Crippen LogP contribution in [0.25, 0.3) is 0 Å². The van der Waals surface area contributed by atoms with Gasteiger partial charge in [0.05, 0.1) is 12.7 Å². The lowest BCUT2D eigenvalue weighted by molar-refractivity contribution is -0.126. The van der Waals surface area contributed by atoms with E-state index in [1.54, 1.807) is 0 Å². The van der Waals surface area contributed by atoms with Crippen LogP contribution in [0.4, 0.5) is 0 Å². The summed E-state index contributed by atoms with van der Waals surface area (Å²) in [6, 6.07) is 17.7. The van der Waals surface area contributed by atoms with Crippen LogP contribution in [-0.2, 0) is 12.1 Å². The fraction of sp³-hybridized carbons (Fsp3) is 0.538. The van der Waals surface area contributed by atoms with E-state index < -0.39 is 11.7 Å². The number of ether oxygens (including phenoxy) is 1. The maximum absolute atomic E-state index is 11.1. The topological polar surface area (TPSA) is 59.4 Å². The molecule has 0 amide bonds. The first kappa shape index (κ1) is 23.2. The van der Waals surface area contributed by atoms with Crippen molar-refractivity contribution in [1.29, 1.82) is 0 Å². The van der Waals surface area contributed by atoms with Crippen LogP contribution < -0.4 is 4.74 Å². The lowest BCUT2D eigenvalue weighted by Crippen LogP contribution is -2.53. The Balaban J connectivity index is 1.28. The molecule has 0 saturated carbocycles. The second kappa shape index (κ2) is 10.8. The highest BCUT2D eigenvalue weighted by atomic mass is 16.5. The fourth-order valence-corrected chi connectivity index (χ4v) is 4.75. The molecule has 6 heteroatoms. The average molecular weight is 440 g/mol. The molecular formula is C26H37N3O3. The summed E-state index contributed by atoms with van der Waals surface area (Å²) in [5, 5.41) is 21.9. The van der Waals surface area contributed by atoms with Gasteiger partial charge in [0.25, 0.3) is 0 Å². The lowest BCUT2D eigenvalue weighted by atomic mass is 9.82. The van der Waals surface area contributed by atoms with E-state index in [0.717, 1.165) is 62.6 Å². The highest BCUT2D eigenvalue weighted by molar-refractivity contribution is 5.33. The highest BCUT2D eigenvalue weighted by Crippen LogP contribution is 2.34. The smallest absolute Gasteiger partial charge is 0.123 e. The first-order valence-corrected chi connectivity index (χ1v) is 11.8. The number of rotatable bonds is 8. The van der Waals surface area contributed by atoms with Crippen LogP contribution in [0.15, 0.2) is 54.6 Å². The first-order chi connectivity index (χ1) is 15.5. The quantitative estimate of drug-likeness (QED) is 0.615. The van der Waals surface area contributed by atoms with Crippen LogP contribution in [0.2, 0.25) is 0 Å². The largest absolute Gasteiger partial charge is 0.493 e. The Morgan fingerprint density at radius 3 is 2.41 bits per heavy atom. The SMILES string of the molecule is CN1CCN(CCCOc2ccccc2CN2CC[C@](O)(c3ccccc3)[C@@H](O)C2)CC1. The number of hydrogen-bond donors (Lipinski definition) is 2. The molecule has 6 nitrogen and oxygen atoms in total. The minimum absolute atomic E-state index is 0.434. The van der Waals surface area contributed by atoms with Crippen molar-refractivity contribution in [2.45, 2.75) is 31.1 Å². The van der Waals surface area contributed by atoms with E-state index in [-0.39, 0.29) is 0 Å². The van der Waals surface area contributed by atoms with Gasteiger partial charge in [-0.3, -0.25) is 4.90 Å². The zero-order chi connectivity index (χ0) is 22.4. The molecule has 2 aliphatic heterocycles. The van der Waals surface area contributed by atoms with E-state index in [0.29, 0.717) is 26.1 Å². The van der Waals surface area contributed by atoms with Crippen LogP contribution in [-0.4, -0.2) is 90.5 Å². The molecule has 2 aromatic carbocycles. The predicted octanol–water partition coefficient (Wildman–Crippen LogP) is 2.16. The molecule has 32 heavy (non-hydrogen) atoms. The zero-order valence-electron chi connectivity index (χ0n) is 19.2. The monoisotopic (exact) mass is 439 g/mol. The maximum Gasteiger partial charge on any atom is 0.123 e. The summed E-state index contributed by atoms with van der Waals surface area (Å²) in [7, 11) is 2.18. The third kappa shape index (κ3) is 5.69. The van der Waals surface area contributed by atoms with Crippen LogP contribution >= 0.6 is 0 Å². The summed E-state index contributed by atoms with van der Waals surface area (Å²) < 4.78 is 6.15. The van der Waals surface area contributed by atoms with Gasteiger partial charge in [-0.25, -0.2) is 0 Å². The summed E-state index contributed by atoms with van der Waals surface area (Å²) in [6.07, 6.45) is 0.701. The number of hydrogen-bond acceptors (Lipinski definition) is 6. The molecular weight excluding hydrogens is 402 g/mol. The number of piperidine rings is 1. The van der Waals surface area contributed by atoms with Crippen molar-refractivity contribution in [2.75, 3.05) is 59.5 Å². The molecule has 0 aliphatic carbocycles. The van der Waals surface area contributed by atoms with Crippen molar-refractivity contribution < 1.29 is 14.9 Å². The van der Waals surface area contributed by atoms with Crippen molar-refractivity contribution in [3.05, 3.63) is 65.7 Å². The van der Waals surface area contributed by atoms with E-state index in [1.807, 2.05) is 48.5 Å². The minimum atomic E-state index is -1.18. The van der Waals surface area contributed by atoms with Gasteiger partial charge in [-0.05, 0) is 31.5 Å². The molecule has 174 valence electrons. The number of para-hydroxylation sites is 1. The number of aliphatic hydroxyl groups excluding tert-OH is 1. The van der Waals surface area contributed by atoms with Gasteiger partial charge in [-0.2, -0.15) is 0 Å².